The monoisotopic (exact) mass is 512 g/mol. The highest BCUT2D eigenvalue weighted by Crippen LogP contribution is 2.52. The molecule has 0 radical (unpaired) electrons. The van der Waals surface area contributed by atoms with Gasteiger partial charge in [0.2, 0.25) is 5.54 Å². The molecular weight excluding hydrogens is 479 g/mol. The second kappa shape index (κ2) is 12.7. The van der Waals surface area contributed by atoms with E-state index < -0.39 is 24.4 Å². The minimum atomic E-state index is -4.30. The fourth-order valence-electron chi connectivity index (χ4n) is 3.48. The molecule has 3 rings (SSSR count). The number of benzene rings is 3. The third-order valence-corrected chi connectivity index (χ3v) is 7.18. The number of nitrogens with zero attached hydrogens (tertiary/aromatic N) is 1. The molecule has 0 fully saturated rings. The lowest BCUT2D eigenvalue weighted by Crippen LogP contribution is -2.46. The highest BCUT2D eigenvalue weighted by atomic mass is 31.2. The molecule has 0 aliphatic heterocycles. The second-order valence-corrected chi connectivity index (χ2v) is 10.6. The number of rotatable bonds is 14. The maximum absolute atomic E-state index is 13.9. The van der Waals surface area contributed by atoms with Crippen molar-refractivity contribution in [2.45, 2.75) is 57.8 Å². The van der Waals surface area contributed by atoms with Crippen LogP contribution in [0.5, 0.6) is 11.5 Å². The van der Waals surface area contributed by atoms with E-state index in [0.29, 0.717) is 13.0 Å². The number of hydrogen-bond acceptors (Lipinski definition) is 7. The Bertz CT molecular complexity index is 1080. The molecule has 192 valence electrons. The SMILES string of the molecule is C[C@@H](CC[C@H](OP(=O)(Oc1ccccc1)Oc1ccccc1)C(C)(C)[N+](=O)[O-])NCc1ccccc1. The van der Waals surface area contributed by atoms with Crippen LogP contribution in [0.2, 0.25) is 0 Å². The molecule has 3 aromatic rings. The van der Waals surface area contributed by atoms with Crippen LogP contribution < -0.4 is 14.4 Å². The Labute approximate surface area is 212 Å². The Kier molecular flexibility index (Phi) is 9.65. The zero-order valence-corrected chi connectivity index (χ0v) is 21.7. The van der Waals surface area contributed by atoms with Crippen LogP contribution in [0.1, 0.15) is 39.2 Å². The Morgan fingerprint density at radius 1 is 0.861 bits per heavy atom. The maximum atomic E-state index is 13.9. The van der Waals surface area contributed by atoms with Gasteiger partial charge in [0.1, 0.15) is 17.6 Å². The molecule has 0 heterocycles. The molecule has 0 bridgehead atoms. The van der Waals surface area contributed by atoms with E-state index in [0.717, 1.165) is 5.56 Å². The van der Waals surface area contributed by atoms with Crippen LogP contribution in [0.25, 0.3) is 0 Å². The summed E-state index contributed by atoms with van der Waals surface area (Å²) >= 11 is 0. The van der Waals surface area contributed by atoms with Crippen LogP contribution in [-0.4, -0.2) is 22.6 Å². The molecule has 1 N–H and O–H groups in total. The van der Waals surface area contributed by atoms with Gasteiger partial charge in [-0.2, -0.15) is 0 Å². The van der Waals surface area contributed by atoms with Gasteiger partial charge in [-0.1, -0.05) is 66.7 Å². The predicted octanol–water partition coefficient (Wildman–Crippen LogP) is 6.65. The standard InChI is InChI=1S/C27H33N2O6P/c1-22(28-21-23-13-7-4-8-14-23)19-20-26(27(2,3)29(30)31)35-36(32,33-24-15-9-5-10-16-24)34-25-17-11-6-12-18-25/h4-18,22,26,28H,19-21H2,1-3H3/t22-,26-/m0/s1. The van der Waals surface area contributed by atoms with Crippen LogP contribution in [-0.2, 0) is 15.6 Å². The number of nitro groups is 1. The Morgan fingerprint density at radius 2 is 1.33 bits per heavy atom. The molecular formula is C27H33N2O6P. The summed E-state index contributed by atoms with van der Waals surface area (Å²) in [6.07, 6.45) is -0.241. The third-order valence-electron chi connectivity index (χ3n) is 5.80. The highest BCUT2D eigenvalue weighted by Gasteiger charge is 2.48. The van der Waals surface area contributed by atoms with Crippen molar-refractivity contribution in [3.05, 3.63) is 107 Å². The van der Waals surface area contributed by atoms with Gasteiger partial charge in [0.05, 0.1) is 0 Å². The van der Waals surface area contributed by atoms with E-state index in [1.807, 2.05) is 37.3 Å². The Morgan fingerprint density at radius 3 is 1.81 bits per heavy atom. The summed E-state index contributed by atoms with van der Waals surface area (Å²) in [6, 6.07) is 26.9. The van der Waals surface area contributed by atoms with Crippen LogP contribution in [0.3, 0.4) is 0 Å². The lowest BCUT2D eigenvalue weighted by atomic mass is 9.93. The van der Waals surface area contributed by atoms with E-state index in [9.17, 15) is 14.7 Å². The van der Waals surface area contributed by atoms with Crippen molar-refractivity contribution in [3.8, 4) is 11.5 Å². The van der Waals surface area contributed by atoms with Gasteiger partial charge in [-0.15, -0.1) is 0 Å². The molecule has 0 aliphatic carbocycles. The first kappa shape index (κ1) is 27.4. The molecule has 0 spiro atoms. The van der Waals surface area contributed by atoms with Crippen LogP contribution in [0.4, 0.5) is 0 Å². The fraction of sp³-hybridized carbons (Fsp3) is 0.333. The lowest BCUT2D eigenvalue weighted by molar-refractivity contribution is -0.572. The minimum absolute atomic E-state index is 0.0309. The van der Waals surface area contributed by atoms with Crippen molar-refractivity contribution < 1.29 is 23.1 Å². The predicted molar refractivity (Wildman–Crippen MR) is 140 cm³/mol. The van der Waals surface area contributed by atoms with Crippen LogP contribution >= 0.6 is 7.82 Å². The molecule has 0 aliphatic rings. The van der Waals surface area contributed by atoms with Gasteiger partial charge in [0, 0.05) is 31.4 Å². The maximum Gasteiger partial charge on any atom is 0.588 e. The van der Waals surface area contributed by atoms with E-state index in [4.69, 9.17) is 13.6 Å². The first-order chi connectivity index (χ1) is 17.2. The van der Waals surface area contributed by atoms with Crippen molar-refractivity contribution in [2.24, 2.45) is 0 Å². The van der Waals surface area contributed by atoms with Gasteiger partial charge in [0.25, 0.3) is 0 Å². The van der Waals surface area contributed by atoms with E-state index in [1.54, 1.807) is 60.7 Å². The summed E-state index contributed by atoms with van der Waals surface area (Å²) in [4.78, 5) is 11.5. The number of phosphoric ester groups is 1. The highest BCUT2D eigenvalue weighted by molar-refractivity contribution is 7.49. The summed E-state index contributed by atoms with van der Waals surface area (Å²) in [7, 11) is -4.30. The van der Waals surface area contributed by atoms with E-state index in [-0.39, 0.29) is 24.0 Å². The van der Waals surface area contributed by atoms with Gasteiger partial charge < -0.3 is 14.4 Å². The summed E-state index contributed by atoms with van der Waals surface area (Å²) in [5, 5.41) is 15.4. The average Bonchev–Trinajstić information content (AvgIpc) is 2.87. The van der Waals surface area contributed by atoms with Crippen molar-refractivity contribution in [1.29, 1.82) is 0 Å². The summed E-state index contributed by atoms with van der Waals surface area (Å²) in [5.74, 6) is 0.541. The fourth-order valence-corrected chi connectivity index (χ4v) is 5.04. The third kappa shape index (κ3) is 8.19. The quantitative estimate of drug-likeness (QED) is 0.147. The Balaban J connectivity index is 1.77. The van der Waals surface area contributed by atoms with Crippen LogP contribution in [0, 0.1) is 10.1 Å². The second-order valence-electron chi connectivity index (χ2n) is 9.11. The van der Waals surface area contributed by atoms with E-state index >= 15 is 0 Å². The number of para-hydroxylation sites is 2. The normalized spacial score (nSPS) is 13.5. The lowest BCUT2D eigenvalue weighted by Gasteiger charge is -2.30. The minimum Gasteiger partial charge on any atom is -0.395 e. The van der Waals surface area contributed by atoms with E-state index in [2.05, 4.69) is 5.32 Å². The number of hydrogen-bond donors (Lipinski definition) is 1. The molecule has 2 atom stereocenters. The molecule has 3 aromatic carbocycles. The zero-order valence-electron chi connectivity index (χ0n) is 20.8. The van der Waals surface area contributed by atoms with Gasteiger partial charge >= 0.3 is 7.82 Å². The summed E-state index contributed by atoms with van der Waals surface area (Å²) in [5.41, 5.74) is -0.408. The summed E-state index contributed by atoms with van der Waals surface area (Å²) < 4.78 is 31.2. The van der Waals surface area contributed by atoms with Crippen molar-refractivity contribution in [3.63, 3.8) is 0 Å². The van der Waals surface area contributed by atoms with Gasteiger partial charge in [0.15, 0.2) is 0 Å². The zero-order chi connectivity index (χ0) is 26.0. The van der Waals surface area contributed by atoms with Crippen molar-refractivity contribution in [2.75, 3.05) is 0 Å². The van der Waals surface area contributed by atoms with Crippen molar-refractivity contribution >= 4 is 7.82 Å². The number of phosphoric acid groups is 1. The van der Waals surface area contributed by atoms with Crippen LogP contribution in [0.15, 0.2) is 91.0 Å². The average molecular weight is 513 g/mol. The molecule has 0 saturated heterocycles. The van der Waals surface area contributed by atoms with Gasteiger partial charge in [-0.25, -0.2) is 4.57 Å². The Hall–Kier alpha value is -3.19. The smallest absolute Gasteiger partial charge is 0.395 e. The van der Waals surface area contributed by atoms with Crippen molar-refractivity contribution in [1.82, 2.24) is 5.32 Å². The van der Waals surface area contributed by atoms with E-state index in [1.165, 1.54) is 13.8 Å². The number of nitrogens with one attached hydrogen (secondary N) is 1. The molecule has 0 saturated carbocycles. The van der Waals surface area contributed by atoms with Gasteiger partial charge in [-0.05, 0) is 49.6 Å². The first-order valence-corrected chi connectivity index (χ1v) is 13.3. The first-order valence-electron chi connectivity index (χ1n) is 11.9. The molecule has 0 amide bonds. The molecule has 9 heteroatoms. The molecule has 0 unspecified atom stereocenters. The topological polar surface area (TPSA) is 99.9 Å². The molecule has 0 aromatic heterocycles. The molecule has 36 heavy (non-hydrogen) atoms. The van der Waals surface area contributed by atoms with Gasteiger partial charge in [-0.3, -0.25) is 14.6 Å². The molecule has 8 nitrogen and oxygen atoms in total. The summed E-state index contributed by atoms with van der Waals surface area (Å²) in [6.45, 7) is 5.57. The largest absolute Gasteiger partial charge is 0.588 e.